The van der Waals surface area contributed by atoms with E-state index in [0.717, 1.165) is 5.56 Å². The molecule has 1 N–H and O–H groups in total. The molecule has 106 valence electrons. The maximum absolute atomic E-state index is 13.3. The van der Waals surface area contributed by atoms with Gasteiger partial charge in [0.2, 0.25) is 0 Å². The molecule has 1 unspecified atom stereocenters. The molecule has 0 fully saturated rings. The first-order valence-electron chi connectivity index (χ1n) is 5.96. The van der Waals surface area contributed by atoms with Crippen molar-refractivity contribution in [3.63, 3.8) is 0 Å². The average molecular weight is 315 g/mol. The molecule has 0 heterocycles. The quantitative estimate of drug-likeness (QED) is 0.905. The zero-order valence-corrected chi connectivity index (χ0v) is 12.2. The summed E-state index contributed by atoms with van der Waals surface area (Å²) in [6, 6.07) is 9.35. The normalized spacial score (nSPS) is 12.2. The third-order valence-corrected chi connectivity index (χ3v) is 3.58. The Bertz CT molecular complexity index is 617. The lowest BCUT2D eigenvalue weighted by Crippen LogP contribution is -2.03. The smallest absolute Gasteiger partial charge is 0.165 e. The van der Waals surface area contributed by atoms with E-state index in [4.69, 9.17) is 27.9 Å². The van der Waals surface area contributed by atoms with Crippen molar-refractivity contribution < 1.29 is 14.2 Å². The van der Waals surface area contributed by atoms with E-state index in [1.165, 1.54) is 25.3 Å². The molecule has 0 aliphatic carbocycles. The van der Waals surface area contributed by atoms with Crippen LogP contribution in [-0.2, 0) is 6.42 Å². The molecule has 1 atom stereocenters. The van der Waals surface area contributed by atoms with Crippen molar-refractivity contribution in [3.8, 4) is 5.75 Å². The summed E-state index contributed by atoms with van der Waals surface area (Å²) >= 11 is 11.9. The number of hydrogen-bond acceptors (Lipinski definition) is 2. The number of rotatable bonds is 4. The summed E-state index contributed by atoms with van der Waals surface area (Å²) in [5.41, 5.74) is 1.33. The Morgan fingerprint density at radius 3 is 2.60 bits per heavy atom. The zero-order chi connectivity index (χ0) is 14.7. The predicted molar refractivity (Wildman–Crippen MR) is 78.1 cm³/mol. The number of methoxy groups -OCH3 is 1. The maximum atomic E-state index is 13.3. The van der Waals surface area contributed by atoms with Crippen LogP contribution in [0.15, 0.2) is 36.4 Å². The molecule has 2 rings (SSSR count). The van der Waals surface area contributed by atoms with Gasteiger partial charge in [-0.05, 0) is 35.4 Å². The van der Waals surface area contributed by atoms with Crippen LogP contribution in [0, 0.1) is 5.82 Å². The van der Waals surface area contributed by atoms with Crippen LogP contribution in [-0.4, -0.2) is 12.2 Å². The summed E-state index contributed by atoms with van der Waals surface area (Å²) in [5.74, 6) is -0.364. The van der Waals surface area contributed by atoms with Gasteiger partial charge >= 0.3 is 0 Å². The molecule has 2 aromatic rings. The maximum Gasteiger partial charge on any atom is 0.165 e. The second-order valence-corrected chi connectivity index (χ2v) is 5.19. The molecule has 0 saturated heterocycles. The third-order valence-electron chi connectivity index (χ3n) is 2.99. The van der Waals surface area contributed by atoms with Crippen LogP contribution in [0.5, 0.6) is 5.75 Å². The lowest BCUT2D eigenvalue weighted by molar-refractivity contribution is 0.178. The summed E-state index contributed by atoms with van der Waals surface area (Å²) in [6.45, 7) is 0. The van der Waals surface area contributed by atoms with E-state index in [9.17, 15) is 9.50 Å². The fourth-order valence-corrected chi connectivity index (χ4v) is 2.38. The first-order chi connectivity index (χ1) is 9.51. The highest BCUT2D eigenvalue weighted by molar-refractivity contribution is 6.35. The van der Waals surface area contributed by atoms with Crippen molar-refractivity contribution in [1.29, 1.82) is 0 Å². The van der Waals surface area contributed by atoms with Crippen LogP contribution in [0.25, 0.3) is 0 Å². The number of aliphatic hydroxyl groups is 1. The Hall–Kier alpha value is -1.29. The molecule has 0 bridgehead atoms. The van der Waals surface area contributed by atoms with Crippen LogP contribution in [0.2, 0.25) is 10.0 Å². The van der Waals surface area contributed by atoms with Gasteiger partial charge in [0.25, 0.3) is 0 Å². The SMILES string of the molecule is COc1cc(C(O)Cc2ccc(Cl)cc2Cl)ccc1F. The highest BCUT2D eigenvalue weighted by atomic mass is 35.5. The van der Waals surface area contributed by atoms with E-state index in [-0.39, 0.29) is 5.75 Å². The minimum atomic E-state index is -0.803. The first kappa shape index (κ1) is 15.1. The van der Waals surface area contributed by atoms with Crippen LogP contribution in [0.4, 0.5) is 4.39 Å². The van der Waals surface area contributed by atoms with Crippen molar-refractivity contribution in [2.45, 2.75) is 12.5 Å². The predicted octanol–water partition coefficient (Wildman–Crippen LogP) is 4.42. The van der Waals surface area contributed by atoms with Crippen molar-refractivity contribution >= 4 is 23.2 Å². The molecule has 0 aliphatic rings. The fraction of sp³-hybridized carbons (Fsp3) is 0.200. The van der Waals surface area contributed by atoms with Gasteiger partial charge < -0.3 is 9.84 Å². The fourth-order valence-electron chi connectivity index (χ4n) is 1.90. The second kappa shape index (κ2) is 6.44. The van der Waals surface area contributed by atoms with E-state index >= 15 is 0 Å². The standard InChI is InChI=1S/C15H13Cl2FO2/c1-20-15-7-10(3-5-13(15)18)14(19)6-9-2-4-11(16)8-12(9)17/h2-5,7-8,14,19H,6H2,1H3. The number of halogens is 3. The number of benzene rings is 2. The number of aliphatic hydroxyl groups excluding tert-OH is 1. The summed E-state index contributed by atoms with van der Waals surface area (Å²) in [7, 11) is 1.38. The van der Waals surface area contributed by atoms with Gasteiger partial charge in [-0.1, -0.05) is 35.3 Å². The van der Waals surface area contributed by atoms with Crippen molar-refractivity contribution in [1.82, 2.24) is 0 Å². The molecule has 0 spiro atoms. The van der Waals surface area contributed by atoms with E-state index in [2.05, 4.69) is 0 Å². The molecule has 20 heavy (non-hydrogen) atoms. The van der Waals surface area contributed by atoms with Gasteiger partial charge in [-0.2, -0.15) is 0 Å². The van der Waals surface area contributed by atoms with Crippen LogP contribution < -0.4 is 4.74 Å². The minimum absolute atomic E-state index is 0.101. The number of hydrogen-bond donors (Lipinski definition) is 1. The van der Waals surface area contributed by atoms with Gasteiger partial charge in [0, 0.05) is 16.5 Å². The highest BCUT2D eigenvalue weighted by Crippen LogP contribution is 2.28. The van der Waals surface area contributed by atoms with Crippen LogP contribution in [0.1, 0.15) is 17.2 Å². The zero-order valence-electron chi connectivity index (χ0n) is 10.7. The topological polar surface area (TPSA) is 29.5 Å². The van der Waals surface area contributed by atoms with E-state index < -0.39 is 11.9 Å². The van der Waals surface area contributed by atoms with Crippen molar-refractivity contribution in [2.24, 2.45) is 0 Å². The molecule has 0 aromatic heterocycles. The Morgan fingerprint density at radius 1 is 1.20 bits per heavy atom. The summed E-state index contributed by atoms with van der Waals surface area (Å²) < 4.78 is 18.2. The van der Waals surface area contributed by atoms with E-state index in [0.29, 0.717) is 22.0 Å². The summed E-state index contributed by atoms with van der Waals surface area (Å²) in [6.07, 6.45) is -0.492. The Balaban J connectivity index is 2.21. The van der Waals surface area contributed by atoms with E-state index in [1.807, 2.05) is 0 Å². The van der Waals surface area contributed by atoms with Gasteiger partial charge in [-0.25, -0.2) is 4.39 Å². The van der Waals surface area contributed by atoms with Crippen LogP contribution >= 0.6 is 23.2 Å². The minimum Gasteiger partial charge on any atom is -0.494 e. The molecule has 0 aliphatic heterocycles. The molecule has 2 aromatic carbocycles. The Morgan fingerprint density at radius 2 is 1.95 bits per heavy atom. The van der Waals surface area contributed by atoms with Crippen molar-refractivity contribution in [2.75, 3.05) is 7.11 Å². The molecule has 5 heteroatoms. The highest BCUT2D eigenvalue weighted by Gasteiger charge is 2.13. The molecular formula is C15H13Cl2FO2. The molecular weight excluding hydrogens is 302 g/mol. The molecule has 2 nitrogen and oxygen atoms in total. The Labute approximate surface area is 126 Å². The monoisotopic (exact) mass is 314 g/mol. The van der Waals surface area contributed by atoms with Gasteiger partial charge in [-0.15, -0.1) is 0 Å². The number of ether oxygens (including phenoxy) is 1. The molecule has 0 amide bonds. The summed E-state index contributed by atoms with van der Waals surface area (Å²) in [4.78, 5) is 0. The van der Waals surface area contributed by atoms with Gasteiger partial charge in [0.1, 0.15) is 0 Å². The van der Waals surface area contributed by atoms with Crippen LogP contribution in [0.3, 0.4) is 0 Å². The van der Waals surface area contributed by atoms with Gasteiger partial charge in [-0.3, -0.25) is 0 Å². The summed E-state index contributed by atoms with van der Waals surface area (Å²) in [5, 5.41) is 11.2. The lowest BCUT2D eigenvalue weighted by Gasteiger charge is -2.14. The largest absolute Gasteiger partial charge is 0.494 e. The molecule has 0 saturated carbocycles. The lowest BCUT2D eigenvalue weighted by atomic mass is 10.0. The van der Waals surface area contributed by atoms with Gasteiger partial charge in [0.05, 0.1) is 13.2 Å². The van der Waals surface area contributed by atoms with Gasteiger partial charge in [0.15, 0.2) is 11.6 Å². The second-order valence-electron chi connectivity index (χ2n) is 4.35. The first-order valence-corrected chi connectivity index (χ1v) is 6.72. The van der Waals surface area contributed by atoms with Crippen molar-refractivity contribution in [3.05, 3.63) is 63.4 Å². The third kappa shape index (κ3) is 3.42. The average Bonchev–Trinajstić information content (AvgIpc) is 2.42. The Kier molecular flexibility index (Phi) is 4.86. The van der Waals surface area contributed by atoms with E-state index in [1.54, 1.807) is 18.2 Å². The molecule has 0 radical (unpaired) electrons.